The highest BCUT2D eigenvalue weighted by Crippen LogP contribution is 2.27. The van der Waals surface area contributed by atoms with Gasteiger partial charge in [-0.1, -0.05) is 31.5 Å². The summed E-state index contributed by atoms with van der Waals surface area (Å²) in [5, 5.41) is 23.0. The van der Waals surface area contributed by atoms with Gasteiger partial charge in [0.25, 0.3) is 0 Å². The van der Waals surface area contributed by atoms with E-state index in [2.05, 4.69) is 19.2 Å². The molecular formula is C14H22ClNO2. The van der Waals surface area contributed by atoms with Gasteiger partial charge < -0.3 is 15.5 Å². The lowest BCUT2D eigenvalue weighted by Crippen LogP contribution is -2.36. The summed E-state index contributed by atoms with van der Waals surface area (Å²) in [7, 11) is 0. The molecule has 0 heterocycles. The maximum Gasteiger partial charge on any atom is 0.121 e. The van der Waals surface area contributed by atoms with Gasteiger partial charge in [-0.25, -0.2) is 0 Å². The first-order valence-electron chi connectivity index (χ1n) is 6.36. The number of halogens is 1. The minimum absolute atomic E-state index is 0.0864. The maximum absolute atomic E-state index is 9.72. The van der Waals surface area contributed by atoms with Gasteiger partial charge in [-0.3, -0.25) is 0 Å². The molecule has 0 bridgehead atoms. The standard InChI is InChI=1S/C14H22ClNO2/c1-3-14(4-2,10-17)9-16-8-11-12(15)6-5-7-13(11)18/h5-7,16-18H,3-4,8-10H2,1-2H3. The molecule has 0 aromatic heterocycles. The molecule has 4 heteroatoms. The third-order valence-electron chi connectivity index (χ3n) is 3.73. The molecular weight excluding hydrogens is 250 g/mol. The minimum atomic E-state index is -0.0864. The molecule has 3 N–H and O–H groups in total. The smallest absolute Gasteiger partial charge is 0.121 e. The highest BCUT2D eigenvalue weighted by molar-refractivity contribution is 6.31. The molecule has 1 aromatic carbocycles. The van der Waals surface area contributed by atoms with Crippen molar-refractivity contribution in [3.05, 3.63) is 28.8 Å². The van der Waals surface area contributed by atoms with Crippen LogP contribution in [0, 0.1) is 5.41 Å². The lowest BCUT2D eigenvalue weighted by molar-refractivity contribution is 0.113. The van der Waals surface area contributed by atoms with E-state index in [0.29, 0.717) is 23.7 Å². The summed E-state index contributed by atoms with van der Waals surface area (Å²) >= 11 is 6.03. The van der Waals surface area contributed by atoms with Crippen molar-refractivity contribution < 1.29 is 10.2 Å². The monoisotopic (exact) mass is 271 g/mol. The van der Waals surface area contributed by atoms with Gasteiger partial charge in [-0.15, -0.1) is 0 Å². The van der Waals surface area contributed by atoms with Gasteiger partial charge in [0, 0.05) is 35.7 Å². The molecule has 1 rings (SSSR count). The third-order valence-corrected chi connectivity index (χ3v) is 4.09. The Morgan fingerprint density at radius 2 is 1.94 bits per heavy atom. The number of benzene rings is 1. The average Bonchev–Trinajstić information content (AvgIpc) is 2.38. The molecule has 3 nitrogen and oxygen atoms in total. The molecule has 0 spiro atoms. The van der Waals surface area contributed by atoms with Gasteiger partial charge >= 0.3 is 0 Å². The first-order chi connectivity index (χ1) is 8.58. The molecule has 0 atom stereocenters. The Hall–Kier alpha value is -0.770. The van der Waals surface area contributed by atoms with Gasteiger partial charge in [0.2, 0.25) is 0 Å². The second-order valence-corrected chi connectivity index (χ2v) is 5.11. The summed E-state index contributed by atoms with van der Waals surface area (Å²) in [6.07, 6.45) is 1.84. The van der Waals surface area contributed by atoms with E-state index in [1.54, 1.807) is 18.2 Å². The van der Waals surface area contributed by atoms with E-state index in [0.717, 1.165) is 12.8 Å². The normalized spacial score (nSPS) is 11.8. The van der Waals surface area contributed by atoms with Crippen LogP contribution >= 0.6 is 11.6 Å². The van der Waals surface area contributed by atoms with Crippen LogP contribution in [0.4, 0.5) is 0 Å². The fourth-order valence-electron chi connectivity index (χ4n) is 1.95. The molecule has 0 fully saturated rings. The van der Waals surface area contributed by atoms with Crippen LogP contribution in [0.5, 0.6) is 5.75 Å². The molecule has 0 radical (unpaired) electrons. The number of phenolic OH excluding ortho intramolecular Hbond substituents is 1. The van der Waals surface area contributed by atoms with E-state index < -0.39 is 0 Å². The van der Waals surface area contributed by atoms with Gasteiger partial charge in [0.15, 0.2) is 0 Å². The first-order valence-corrected chi connectivity index (χ1v) is 6.74. The molecule has 0 aliphatic heterocycles. The number of hydrogen-bond donors (Lipinski definition) is 3. The number of aromatic hydroxyl groups is 1. The van der Waals surface area contributed by atoms with Gasteiger partial charge in [0.05, 0.1) is 0 Å². The predicted octanol–water partition coefficient (Wildman–Crippen LogP) is 2.93. The Labute approximate surface area is 114 Å². The van der Waals surface area contributed by atoms with Gasteiger partial charge in [-0.2, -0.15) is 0 Å². The van der Waals surface area contributed by atoms with Crippen molar-refractivity contribution in [2.45, 2.75) is 33.2 Å². The predicted molar refractivity (Wildman–Crippen MR) is 74.9 cm³/mol. The highest BCUT2D eigenvalue weighted by atomic mass is 35.5. The molecule has 0 saturated heterocycles. The van der Waals surface area contributed by atoms with Crippen LogP contribution < -0.4 is 5.32 Å². The number of aliphatic hydroxyl groups is 1. The van der Waals surface area contributed by atoms with Crippen LogP contribution in [0.2, 0.25) is 5.02 Å². The van der Waals surface area contributed by atoms with Crippen LogP contribution in [0.3, 0.4) is 0 Å². The first kappa shape index (κ1) is 15.3. The Kier molecular flexibility index (Phi) is 5.93. The topological polar surface area (TPSA) is 52.5 Å². The van der Waals surface area contributed by atoms with E-state index in [4.69, 9.17) is 11.6 Å². The summed E-state index contributed by atoms with van der Waals surface area (Å²) in [4.78, 5) is 0. The van der Waals surface area contributed by atoms with Crippen LogP contribution in [0.15, 0.2) is 18.2 Å². The summed E-state index contributed by atoms with van der Waals surface area (Å²) in [6.45, 7) is 5.54. The van der Waals surface area contributed by atoms with Crippen molar-refractivity contribution in [3.8, 4) is 5.75 Å². The fourth-order valence-corrected chi connectivity index (χ4v) is 2.19. The van der Waals surface area contributed by atoms with E-state index in [-0.39, 0.29) is 17.8 Å². The summed E-state index contributed by atoms with van der Waals surface area (Å²) < 4.78 is 0. The lowest BCUT2D eigenvalue weighted by atomic mass is 9.83. The van der Waals surface area contributed by atoms with Crippen molar-refractivity contribution in [3.63, 3.8) is 0 Å². The number of phenols is 1. The molecule has 1 aromatic rings. The number of nitrogens with one attached hydrogen (secondary N) is 1. The Balaban J connectivity index is 2.61. The number of hydrogen-bond acceptors (Lipinski definition) is 3. The average molecular weight is 272 g/mol. The number of rotatable bonds is 7. The molecule has 0 aliphatic rings. The molecule has 0 saturated carbocycles. The second kappa shape index (κ2) is 6.98. The molecule has 0 unspecified atom stereocenters. The summed E-state index contributed by atoms with van der Waals surface area (Å²) in [5.74, 6) is 0.206. The lowest BCUT2D eigenvalue weighted by Gasteiger charge is -2.29. The Morgan fingerprint density at radius 3 is 2.44 bits per heavy atom. The molecule has 102 valence electrons. The van der Waals surface area contributed by atoms with Crippen LogP contribution in [0.1, 0.15) is 32.3 Å². The minimum Gasteiger partial charge on any atom is -0.508 e. The summed E-state index contributed by atoms with van der Waals surface area (Å²) in [6, 6.07) is 5.11. The van der Waals surface area contributed by atoms with Crippen molar-refractivity contribution in [2.75, 3.05) is 13.2 Å². The zero-order valence-corrected chi connectivity index (χ0v) is 11.8. The van der Waals surface area contributed by atoms with Crippen LogP contribution in [-0.2, 0) is 6.54 Å². The molecule has 0 aliphatic carbocycles. The zero-order valence-electron chi connectivity index (χ0n) is 11.0. The Bertz CT molecular complexity index is 350. The van der Waals surface area contributed by atoms with Gasteiger partial charge in [-0.05, 0) is 25.0 Å². The van der Waals surface area contributed by atoms with Crippen molar-refractivity contribution in [2.24, 2.45) is 5.41 Å². The maximum atomic E-state index is 9.72. The van der Waals surface area contributed by atoms with Crippen molar-refractivity contribution >= 4 is 11.6 Å². The SMILES string of the molecule is CCC(CC)(CO)CNCc1c(O)cccc1Cl. The zero-order chi connectivity index (χ0) is 13.6. The number of aliphatic hydroxyl groups excluding tert-OH is 1. The summed E-state index contributed by atoms with van der Waals surface area (Å²) in [5.41, 5.74) is 0.620. The highest BCUT2D eigenvalue weighted by Gasteiger charge is 2.24. The second-order valence-electron chi connectivity index (χ2n) is 4.71. The van der Waals surface area contributed by atoms with E-state index in [1.165, 1.54) is 0 Å². The largest absolute Gasteiger partial charge is 0.508 e. The van der Waals surface area contributed by atoms with E-state index in [9.17, 15) is 10.2 Å². The van der Waals surface area contributed by atoms with Crippen LogP contribution in [-0.4, -0.2) is 23.4 Å². The van der Waals surface area contributed by atoms with Crippen molar-refractivity contribution in [1.29, 1.82) is 0 Å². The molecule has 18 heavy (non-hydrogen) atoms. The fraction of sp³-hybridized carbons (Fsp3) is 0.571. The third kappa shape index (κ3) is 3.61. The molecule has 0 amide bonds. The van der Waals surface area contributed by atoms with Crippen molar-refractivity contribution in [1.82, 2.24) is 5.32 Å². The van der Waals surface area contributed by atoms with E-state index >= 15 is 0 Å². The van der Waals surface area contributed by atoms with E-state index in [1.807, 2.05) is 0 Å². The Morgan fingerprint density at radius 1 is 1.28 bits per heavy atom. The van der Waals surface area contributed by atoms with Crippen LogP contribution in [0.25, 0.3) is 0 Å². The van der Waals surface area contributed by atoms with Gasteiger partial charge in [0.1, 0.15) is 5.75 Å². The quantitative estimate of drug-likeness (QED) is 0.715.